The van der Waals surface area contributed by atoms with Crippen LogP contribution in [0.3, 0.4) is 0 Å². The summed E-state index contributed by atoms with van der Waals surface area (Å²) in [6.07, 6.45) is 1.66. The number of furan rings is 1. The Morgan fingerprint density at radius 3 is 2.52 bits per heavy atom. The van der Waals surface area contributed by atoms with Gasteiger partial charge in [0.25, 0.3) is 0 Å². The van der Waals surface area contributed by atoms with Gasteiger partial charge >= 0.3 is 5.24 Å². The van der Waals surface area contributed by atoms with E-state index in [0.29, 0.717) is 32.0 Å². The molecule has 0 saturated carbocycles. The molecule has 3 rings (SSSR count). The number of amidine groups is 1. The number of rotatable bonds is 2. The molecule has 0 bridgehead atoms. The molecule has 0 fully saturated rings. The van der Waals surface area contributed by atoms with E-state index in [4.69, 9.17) is 33.4 Å². The van der Waals surface area contributed by atoms with E-state index in [1.165, 1.54) is 0 Å². The molecule has 1 aliphatic heterocycles. The highest BCUT2D eigenvalue weighted by Gasteiger charge is 2.19. The maximum Gasteiger partial charge on any atom is 0.311 e. The van der Waals surface area contributed by atoms with Crippen molar-refractivity contribution in [2.75, 3.05) is 0 Å². The van der Waals surface area contributed by atoms with Crippen molar-refractivity contribution in [1.29, 1.82) is 0 Å². The fourth-order valence-electron chi connectivity index (χ4n) is 1.85. The van der Waals surface area contributed by atoms with Gasteiger partial charge in [0.2, 0.25) is 0 Å². The Morgan fingerprint density at radius 2 is 1.90 bits per heavy atom. The van der Waals surface area contributed by atoms with Gasteiger partial charge in [-0.25, -0.2) is 0 Å². The van der Waals surface area contributed by atoms with Gasteiger partial charge in [0.05, 0.1) is 20.5 Å². The molecule has 1 aliphatic rings. The molecule has 0 spiro atoms. The van der Waals surface area contributed by atoms with Crippen LogP contribution < -0.4 is 5.73 Å². The third-order valence-electron chi connectivity index (χ3n) is 2.77. The van der Waals surface area contributed by atoms with Crippen molar-refractivity contribution in [3.05, 3.63) is 51.0 Å². The summed E-state index contributed by atoms with van der Waals surface area (Å²) in [5, 5.41) is 0.671. The van der Waals surface area contributed by atoms with Crippen LogP contribution in [0.2, 0.25) is 10.0 Å². The van der Waals surface area contributed by atoms with Gasteiger partial charge in [-0.15, -0.1) is 0 Å². The molecule has 0 atom stereocenters. The molecule has 0 aliphatic carbocycles. The van der Waals surface area contributed by atoms with Crippen molar-refractivity contribution in [3.8, 4) is 11.3 Å². The van der Waals surface area contributed by atoms with Crippen molar-refractivity contribution < 1.29 is 9.21 Å². The Morgan fingerprint density at radius 1 is 1.19 bits per heavy atom. The van der Waals surface area contributed by atoms with Gasteiger partial charge in [0.15, 0.2) is 0 Å². The molecule has 0 saturated heterocycles. The number of thioether (sulfide) groups is 1. The molecule has 1 aromatic carbocycles. The van der Waals surface area contributed by atoms with Crippen LogP contribution in [0.1, 0.15) is 5.76 Å². The fraction of sp³-hybridized carbons (Fsp3) is 0. The van der Waals surface area contributed by atoms with Crippen LogP contribution in [0.5, 0.6) is 0 Å². The number of carbonyl (C=O) groups is 1. The van der Waals surface area contributed by atoms with Gasteiger partial charge < -0.3 is 10.2 Å². The Bertz CT molecular complexity index is 776. The van der Waals surface area contributed by atoms with Gasteiger partial charge in [-0.2, -0.15) is 4.99 Å². The lowest BCUT2D eigenvalue weighted by Crippen LogP contribution is -2.08. The minimum absolute atomic E-state index is 0.193. The predicted octanol–water partition coefficient (Wildman–Crippen LogP) is 4.82. The van der Waals surface area contributed by atoms with E-state index in [1.54, 1.807) is 36.4 Å². The van der Waals surface area contributed by atoms with E-state index in [-0.39, 0.29) is 11.1 Å². The Kier molecular flexibility index (Phi) is 3.80. The van der Waals surface area contributed by atoms with Crippen molar-refractivity contribution >= 4 is 52.1 Å². The lowest BCUT2D eigenvalue weighted by Gasteiger charge is -2.02. The average molecular weight is 339 g/mol. The maximum atomic E-state index is 11.2. The minimum Gasteiger partial charge on any atom is -0.457 e. The fourth-order valence-corrected chi connectivity index (χ4v) is 3.09. The number of carbonyl (C=O) groups excluding carboxylic acids is 1. The first-order valence-electron chi connectivity index (χ1n) is 5.87. The van der Waals surface area contributed by atoms with E-state index in [2.05, 4.69) is 4.99 Å². The molecule has 106 valence electrons. The topological polar surface area (TPSA) is 68.6 Å². The van der Waals surface area contributed by atoms with Crippen molar-refractivity contribution in [2.45, 2.75) is 0 Å². The Labute approximate surface area is 134 Å². The Hall–Kier alpha value is -1.69. The summed E-state index contributed by atoms with van der Waals surface area (Å²) in [4.78, 5) is 15.3. The third kappa shape index (κ3) is 2.85. The van der Waals surface area contributed by atoms with E-state index >= 15 is 0 Å². The number of hydrogen-bond acceptors (Lipinski definition) is 4. The zero-order chi connectivity index (χ0) is 15.0. The first kappa shape index (κ1) is 14.3. The van der Waals surface area contributed by atoms with Crippen LogP contribution in [-0.2, 0) is 0 Å². The molecule has 0 radical (unpaired) electrons. The molecule has 2 N–H and O–H groups in total. The highest BCUT2D eigenvalue weighted by Crippen LogP contribution is 2.36. The van der Waals surface area contributed by atoms with Crippen LogP contribution in [0.25, 0.3) is 17.4 Å². The molecule has 2 heterocycles. The van der Waals surface area contributed by atoms with Crippen LogP contribution in [-0.4, -0.2) is 11.1 Å². The zero-order valence-electron chi connectivity index (χ0n) is 10.5. The number of nitrogens with two attached hydrogens (primary N) is 1. The van der Waals surface area contributed by atoms with E-state index in [0.717, 1.165) is 11.8 Å². The zero-order valence-corrected chi connectivity index (χ0v) is 12.8. The van der Waals surface area contributed by atoms with Crippen molar-refractivity contribution in [1.82, 2.24) is 0 Å². The van der Waals surface area contributed by atoms with Crippen molar-refractivity contribution in [2.24, 2.45) is 10.7 Å². The lowest BCUT2D eigenvalue weighted by atomic mass is 10.2. The molecular weight excluding hydrogens is 331 g/mol. The summed E-state index contributed by atoms with van der Waals surface area (Å²) >= 11 is 13.2. The highest BCUT2D eigenvalue weighted by atomic mass is 35.5. The molecule has 4 nitrogen and oxygen atoms in total. The third-order valence-corrected chi connectivity index (χ3v) is 4.21. The number of aliphatic imine (C=N–C) groups is 1. The molecule has 21 heavy (non-hydrogen) atoms. The molecule has 0 unspecified atom stereocenters. The second-order valence-corrected chi connectivity index (χ2v) is 5.98. The number of hydrogen-bond donors (Lipinski definition) is 1. The van der Waals surface area contributed by atoms with Crippen LogP contribution in [0.4, 0.5) is 4.79 Å². The van der Waals surface area contributed by atoms with E-state index in [1.807, 2.05) is 0 Å². The van der Waals surface area contributed by atoms with Crippen LogP contribution in [0, 0.1) is 0 Å². The van der Waals surface area contributed by atoms with Crippen LogP contribution in [0.15, 0.2) is 44.6 Å². The van der Waals surface area contributed by atoms with E-state index < -0.39 is 0 Å². The quantitative estimate of drug-likeness (QED) is 0.852. The summed E-state index contributed by atoms with van der Waals surface area (Å²) in [6.45, 7) is 0. The number of halogens is 2. The lowest BCUT2D eigenvalue weighted by molar-refractivity contribution is 0.268. The summed E-state index contributed by atoms with van der Waals surface area (Å²) in [6, 6.07) is 8.74. The summed E-state index contributed by atoms with van der Waals surface area (Å²) in [7, 11) is 0. The van der Waals surface area contributed by atoms with Gasteiger partial charge in [0, 0.05) is 0 Å². The van der Waals surface area contributed by atoms with Gasteiger partial charge in [-0.05, 0) is 42.1 Å². The van der Waals surface area contributed by atoms with Gasteiger partial charge in [-0.1, -0.05) is 29.3 Å². The predicted molar refractivity (Wildman–Crippen MR) is 86.8 cm³/mol. The summed E-state index contributed by atoms with van der Waals surface area (Å²) in [5.41, 5.74) is 6.27. The SMILES string of the molecule is NC1=NC(=O)SC1=Cc1ccc(-c2c(Cl)cccc2Cl)o1. The molecule has 1 amide bonds. The largest absolute Gasteiger partial charge is 0.457 e. The smallest absolute Gasteiger partial charge is 0.311 e. The Balaban J connectivity index is 1.97. The average Bonchev–Trinajstić information content (AvgIpc) is 2.97. The van der Waals surface area contributed by atoms with Gasteiger partial charge in [-0.3, -0.25) is 4.79 Å². The number of amides is 1. The standard InChI is InChI=1S/C14H8Cl2N2O2S/c15-8-2-1-3-9(16)12(8)10-5-4-7(20-10)6-11-13(17)18-14(19)21-11/h1-6H,(H2,17,18,19). The number of nitrogens with zero attached hydrogens (tertiary/aromatic N) is 1. The van der Waals surface area contributed by atoms with Crippen molar-refractivity contribution in [3.63, 3.8) is 0 Å². The first-order chi connectivity index (χ1) is 10.0. The molecular formula is C14H8Cl2N2O2S. The normalized spacial score (nSPS) is 16.6. The van der Waals surface area contributed by atoms with Crippen LogP contribution >= 0.6 is 35.0 Å². The maximum absolute atomic E-state index is 11.2. The minimum atomic E-state index is -0.334. The second kappa shape index (κ2) is 5.60. The molecule has 2 aromatic rings. The second-order valence-electron chi connectivity index (χ2n) is 4.17. The first-order valence-corrected chi connectivity index (χ1v) is 7.44. The van der Waals surface area contributed by atoms with E-state index in [9.17, 15) is 4.79 Å². The molecule has 1 aromatic heterocycles. The monoisotopic (exact) mass is 338 g/mol. The highest BCUT2D eigenvalue weighted by molar-refractivity contribution is 8.18. The summed E-state index contributed by atoms with van der Waals surface area (Å²) in [5.74, 6) is 1.28. The van der Waals surface area contributed by atoms with Gasteiger partial charge in [0.1, 0.15) is 17.4 Å². The molecule has 7 heteroatoms. The number of benzene rings is 1. The summed E-state index contributed by atoms with van der Waals surface area (Å²) < 4.78 is 5.70.